The fraction of sp³-hybridized carbons (Fsp3) is 1.00. The average molecular weight is 135 g/mol. The number of alkyl halides is 2. The third-order valence-electron chi connectivity index (χ3n) is 1.69. The van der Waals surface area contributed by atoms with E-state index in [1.165, 1.54) is 0 Å². The highest BCUT2D eigenvalue weighted by molar-refractivity contribution is 4.82. The number of halogens is 2. The molecule has 1 N–H and O–H groups in total. The van der Waals surface area contributed by atoms with Crippen molar-refractivity contribution in [1.29, 1.82) is 0 Å². The summed E-state index contributed by atoms with van der Waals surface area (Å²) in [6.07, 6.45) is -2.56. The first-order valence-electron chi connectivity index (χ1n) is 3.20. The van der Waals surface area contributed by atoms with Crippen molar-refractivity contribution in [1.82, 2.24) is 5.32 Å². The van der Waals surface area contributed by atoms with Gasteiger partial charge in [0.25, 0.3) is 0 Å². The van der Waals surface area contributed by atoms with Gasteiger partial charge in [-0.2, -0.15) is 0 Å². The van der Waals surface area contributed by atoms with Gasteiger partial charge in [-0.1, -0.05) is 6.92 Å². The third kappa shape index (κ3) is 1.39. The van der Waals surface area contributed by atoms with Crippen LogP contribution in [0.2, 0.25) is 0 Å². The predicted molar refractivity (Wildman–Crippen MR) is 31.8 cm³/mol. The fourth-order valence-electron chi connectivity index (χ4n) is 1.03. The lowest BCUT2D eigenvalue weighted by molar-refractivity contribution is 0.0876. The predicted octanol–water partition coefficient (Wildman–Crippen LogP) is 0.902. The van der Waals surface area contributed by atoms with Crippen molar-refractivity contribution in [2.45, 2.75) is 19.3 Å². The maximum atomic E-state index is 12.6. The van der Waals surface area contributed by atoms with Crippen LogP contribution >= 0.6 is 0 Å². The van der Waals surface area contributed by atoms with Crippen LogP contribution in [0, 0.1) is 5.92 Å². The molecule has 1 nitrogen and oxygen atoms in total. The van der Waals surface area contributed by atoms with E-state index in [9.17, 15) is 8.78 Å². The molecule has 3 atom stereocenters. The Balaban J connectivity index is 2.41. The van der Waals surface area contributed by atoms with Gasteiger partial charge in [0, 0.05) is 19.0 Å². The molecule has 54 valence electrons. The van der Waals surface area contributed by atoms with Crippen LogP contribution in [-0.2, 0) is 0 Å². The number of nitrogens with one attached hydrogen (secondary N) is 1. The zero-order chi connectivity index (χ0) is 6.85. The third-order valence-corrected chi connectivity index (χ3v) is 1.69. The summed E-state index contributed by atoms with van der Waals surface area (Å²) in [5.74, 6) is -0.172. The average Bonchev–Trinajstić information content (AvgIpc) is 1.83. The van der Waals surface area contributed by atoms with Gasteiger partial charge in [-0.25, -0.2) is 8.78 Å². The number of piperidine rings is 1. The molecule has 1 rings (SSSR count). The Kier molecular flexibility index (Phi) is 2.01. The minimum absolute atomic E-state index is 0.172. The Morgan fingerprint density at radius 1 is 1.33 bits per heavy atom. The molecule has 0 aromatic carbocycles. The van der Waals surface area contributed by atoms with Crippen molar-refractivity contribution < 1.29 is 8.78 Å². The van der Waals surface area contributed by atoms with Crippen molar-refractivity contribution in [3.63, 3.8) is 0 Å². The Bertz CT molecular complexity index is 87.1. The van der Waals surface area contributed by atoms with E-state index in [0.29, 0.717) is 6.54 Å². The number of rotatable bonds is 0. The molecule has 0 aromatic heterocycles. The monoisotopic (exact) mass is 135 g/mol. The summed E-state index contributed by atoms with van der Waals surface area (Å²) in [4.78, 5) is 0. The molecule has 1 aliphatic rings. The van der Waals surface area contributed by atoms with Gasteiger partial charge in [-0.15, -0.1) is 0 Å². The first-order valence-corrected chi connectivity index (χ1v) is 3.20. The lowest BCUT2D eigenvalue weighted by Crippen LogP contribution is -2.45. The molecule has 1 aliphatic heterocycles. The highest BCUT2D eigenvalue weighted by Gasteiger charge is 2.29. The van der Waals surface area contributed by atoms with Gasteiger partial charge >= 0.3 is 0 Å². The molecule has 9 heavy (non-hydrogen) atoms. The van der Waals surface area contributed by atoms with Crippen molar-refractivity contribution in [2.24, 2.45) is 5.92 Å². The molecular formula is C6H11F2N. The molecular weight excluding hydrogens is 124 g/mol. The molecule has 1 fully saturated rings. The van der Waals surface area contributed by atoms with Gasteiger partial charge in [-0.3, -0.25) is 0 Å². The Morgan fingerprint density at radius 3 is 2.44 bits per heavy atom. The first kappa shape index (κ1) is 6.93. The smallest absolute Gasteiger partial charge is 0.144 e. The Labute approximate surface area is 53.4 Å². The van der Waals surface area contributed by atoms with Crippen LogP contribution < -0.4 is 5.32 Å². The Hall–Kier alpha value is -0.180. The minimum Gasteiger partial charge on any atom is -0.313 e. The van der Waals surface area contributed by atoms with Crippen molar-refractivity contribution in [3.8, 4) is 0 Å². The van der Waals surface area contributed by atoms with Crippen LogP contribution in [0.25, 0.3) is 0 Å². The quantitative estimate of drug-likeness (QED) is 0.520. The topological polar surface area (TPSA) is 12.0 Å². The van der Waals surface area contributed by atoms with Crippen molar-refractivity contribution in [2.75, 3.05) is 13.1 Å². The number of hydrogen-bond donors (Lipinski definition) is 1. The van der Waals surface area contributed by atoms with E-state index in [1.54, 1.807) is 6.92 Å². The molecule has 0 amide bonds. The maximum Gasteiger partial charge on any atom is 0.144 e. The van der Waals surface area contributed by atoms with Crippen LogP contribution in [0.3, 0.4) is 0 Å². The SMILES string of the molecule is C[C@H]1CNCC(F)C1F. The van der Waals surface area contributed by atoms with E-state index in [4.69, 9.17) is 0 Å². The Morgan fingerprint density at radius 2 is 2.00 bits per heavy atom. The summed E-state index contributed by atoms with van der Waals surface area (Å²) in [7, 11) is 0. The summed E-state index contributed by atoms with van der Waals surface area (Å²) >= 11 is 0. The maximum absolute atomic E-state index is 12.6. The van der Waals surface area contributed by atoms with Gasteiger partial charge < -0.3 is 5.32 Å². The van der Waals surface area contributed by atoms with Crippen molar-refractivity contribution in [3.05, 3.63) is 0 Å². The molecule has 1 heterocycles. The fourth-order valence-corrected chi connectivity index (χ4v) is 1.03. The summed E-state index contributed by atoms with van der Waals surface area (Å²) in [6, 6.07) is 0. The lowest BCUT2D eigenvalue weighted by Gasteiger charge is -2.26. The van der Waals surface area contributed by atoms with Gasteiger partial charge in [0.15, 0.2) is 0 Å². The molecule has 2 unspecified atom stereocenters. The van der Waals surface area contributed by atoms with Gasteiger partial charge in [0.2, 0.25) is 0 Å². The second-order valence-electron chi connectivity index (χ2n) is 2.60. The van der Waals surface area contributed by atoms with Crippen LogP contribution in [0.4, 0.5) is 8.78 Å². The van der Waals surface area contributed by atoms with E-state index in [1.807, 2.05) is 0 Å². The zero-order valence-corrected chi connectivity index (χ0v) is 5.40. The highest BCUT2D eigenvalue weighted by Crippen LogP contribution is 2.16. The van der Waals surface area contributed by atoms with Gasteiger partial charge in [0.1, 0.15) is 12.3 Å². The standard InChI is InChI=1S/C6H11F2N/c1-4-2-9-3-5(7)6(4)8/h4-6,9H,2-3H2,1H3/t4-,5?,6?/m0/s1. The van der Waals surface area contributed by atoms with Gasteiger partial charge in [-0.05, 0) is 0 Å². The van der Waals surface area contributed by atoms with Crippen molar-refractivity contribution >= 4 is 0 Å². The van der Waals surface area contributed by atoms with E-state index in [0.717, 1.165) is 0 Å². The molecule has 1 saturated heterocycles. The number of hydrogen-bond acceptors (Lipinski definition) is 1. The zero-order valence-electron chi connectivity index (χ0n) is 5.40. The summed E-state index contributed by atoms with van der Waals surface area (Å²) in [6.45, 7) is 2.48. The molecule has 0 aromatic rings. The van der Waals surface area contributed by atoms with Crippen LogP contribution in [0.1, 0.15) is 6.92 Å². The molecule has 0 saturated carbocycles. The summed E-state index contributed by atoms with van der Waals surface area (Å²) in [5, 5.41) is 2.80. The minimum atomic E-state index is -1.30. The second-order valence-corrected chi connectivity index (χ2v) is 2.60. The van der Waals surface area contributed by atoms with Crippen LogP contribution in [0.5, 0.6) is 0 Å². The molecule has 0 radical (unpaired) electrons. The van der Waals surface area contributed by atoms with Crippen LogP contribution in [-0.4, -0.2) is 25.4 Å². The summed E-state index contributed by atoms with van der Waals surface area (Å²) in [5.41, 5.74) is 0. The molecule has 0 bridgehead atoms. The van der Waals surface area contributed by atoms with Crippen LogP contribution in [0.15, 0.2) is 0 Å². The van der Waals surface area contributed by atoms with E-state index in [2.05, 4.69) is 5.32 Å². The largest absolute Gasteiger partial charge is 0.313 e. The van der Waals surface area contributed by atoms with E-state index >= 15 is 0 Å². The second kappa shape index (κ2) is 2.60. The highest BCUT2D eigenvalue weighted by atomic mass is 19.2. The van der Waals surface area contributed by atoms with E-state index in [-0.39, 0.29) is 12.5 Å². The molecule has 0 spiro atoms. The molecule has 3 heteroatoms. The van der Waals surface area contributed by atoms with E-state index < -0.39 is 12.3 Å². The lowest BCUT2D eigenvalue weighted by atomic mass is 9.98. The normalized spacial score (nSPS) is 45.0. The first-order chi connectivity index (χ1) is 4.22. The van der Waals surface area contributed by atoms with Gasteiger partial charge in [0.05, 0.1) is 0 Å². The molecule has 0 aliphatic carbocycles. The summed E-state index contributed by atoms with van der Waals surface area (Å²) < 4.78 is 24.9.